The summed E-state index contributed by atoms with van der Waals surface area (Å²) in [7, 11) is 3.08. The molecule has 0 radical (unpaired) electrons. The van der Waals surface area contributed by atoms with Gasteiger partial charge in [0.25, 0.3) is 11.8 Å². The predicted molar refractivity (Wildman–Crippen MR) is 178 cm³/mol. The number of hydrogen-bond donors (Lipinski definition) is 3. The molecule has 3 N–H and O–H groups in total. The van der Waals surface area contributed by atoms with Gasteiger partial charge in [0.2, 0.25) is 5.91 Å². The summed E-state index contributed by atoms with van der Waals surface area (Å²) in [5.41, 5.74) is 2.18. The fraction of sp³-hybridized carbons (Fsp3) is 0.171. The van der Waals surface area contributed by atoms with Gasteiger partial charge in [-0.25, -0.2) is 0 Å². The SMILES string of the molecule is CCOc1ccc(/C=C(/NC(=O)c2ccccc2)C(=O)Nc2cccc(SC(C)C(=O)Nc3cc(OC)ccc3OC)c2)cc1. The minimum Gasteiger partial charge on any atom is -0.497 e. The number of hydrogen-bond acceptors (Lipinski definition) is 7. The first kappa shape index (κ1) is 32.7. The topological polar surface area (TPSA) is 115 Å². The van der Waals surface area contributed by atoms with Gasteiger partial charge in [0.05, 0.1) is 31.8 Å². The van der Waals surface area contributed by atoms with Gasteiger partial charge in [0.1, 0.15) is 22.9 Å². The zero-order chi connectivity index (χ0) is 32.2. The lowest BCUT2D eigenvalue weighted by atomic mass is 10.1. The first-order chi connectivity index (χ1) is 21.8. The van der Waals surface area contributed by atoms with Gasteiger partial charge in [-0.05, 0) is 80.1 Å². The summed E-state index contributed by atoms with van der Waals surface area (Å²) in [5.74, 6) is 0.648. The number of nitrogens with one attached hydrogen (secondary N) is 3. The summed E-state index contributed by atoms with van der Waals surface area (Å²) in [6, 6.07) is 28.2. The van der Waals surface area contributed by atoms with Crippen LogP contribution in [0.3, 0.4) is 0 Å². The molecular formula is C35H35N3O6S. The Bertz CT molecular complexity index is 1660. The summed E-state index contributed by atoms with van der Waals surface area (Å²) in [6.07, 6.45) is 1.60. The fourth-order valence-corrected chi connectivity index (χ4v) is 5.11. The molecule has 9 nitrogen and oxygen atoms in total. The van der Waals surface area contributed by atoms with Crippen molar-refractivity contribution < 1.29 is 28.6 Å². The van der Waals surface area contributed by atoms with Gasteiger partial charge in [-0.15, -0.1) is 11.8 Å². The average molecular weight is 626 g/mol. The van der Waals surface area contributed by atoms with Crippen molar-refractivity contribution in [1.82, 2.24) is 5.32 Å². The number of carbonyl (C=O) groups excluding carboxylic acids is 3. The Morgan fingerprint density at radius 1 is 0.822 bits per heavy atom. The molecule has 4 aromatic carbocycles. The Kier molecular flexibility index (Phi) is 11.6. The van der Waals surface area contributed by atoms with E-state index in [1.807, 2.05) is 19.1 Å². The van der Waals surface area contributed by atoms with E-state index in [1.54, 1.807) is 105 Å². The Labute approximate surface area is 267 Å². The van der Waals surface area contributed by atoms with Crippen molar-refractivity contribution in [2.45, 2.75) is 24.0 Å². The molecule has 0 aromatic heterocycles. The van der Waals surface area contributed by atoms with Crippen molar-refractivity contribution in [1.29, 1.82) is 0 Å². The number of anilines is 2. The fourth-order valence-electron chi connectivity index (χ4n) is 4.19. The first-order valence-electron chi connectivity index (χ1n) is 14.2. The van der Waals surface area contributed by atoms with E-state index in [1.165, 1.54) is 18.9 Å². The molecule has 232 valence electrons. The van der Waals surface area contributed by atoms with E-state index in [2.05, 4.69) is 16.0 Å². The van der Waals surface area contributed by atoms with Crippen LogP contribution in [-0.4, -0.2) is 43.8 Å². The van der Waals surface area contributed by atoms with E-state index in [9.17, 15) is 14.4 Å². The van der Waals surface area contributed by atoms with Crippen LogP contribution in [0.1, 0.15) is 29.8 Å². The molecule has 0 fully saturated rings. The van der Waals surface area contributed by atoms with Crippen molar-refractivity contribution in [2.24, 2.45) is 0 Å². The van der Waals surface area contributed by atoms with Crippen LogP contribution in [0, 0.1) is 0 Å². The van der Waals surface area contributed by atoms with E-state index >= 15 is 0 Å². The Balaban J connectivity index is 1.49. The highest BCUT2D eigenvalue weighted by Crippen LogP contribution is 2.31. The lowest BCUT2D eigenvalue weighted by Crippen LogP contribution is -2.30. The number of carbonyl (C=O) groups is 3. The minimum absolute atomic E-state index is 0.0612. The molecule has 0 bridgehead atoms. The molecule has 0 aliphatic heterocycles. The van der Waals surface area contributed by atoms with Crippen molar-refractivity contribution in [3.63, 3.8) is 0 Å². The van der Waals surface area contributed by atoms with Crippen molar-refractivity contribution >= 4 is 46.9 Å². The zero-order valence-corrected chi connectivity index (χ0v) is 26.3. The van der Waals surface area contributed by atoms with Gasteiger partial charge in [0.15, 0.2) is 0 Å². The van der Waals surface area contributed by atoms with Crippen LogP contribution in [0.15, 0.2) is 108 Å². The first-order valence-corrected chi connectivity index (χ1v) is 15.1. The molecule has 1 unspecified atom stereocenters. The molecule has 0 aliphatic carbocycles. The quantitative estimate of drug-likeness (QED) is 0.113. The minimum atomic E-state index is -0.508. The normalized spacial score (nSPS) is 11.6. The zero-order valence-electron chi connectivity index (χ0n) is 25.5. The molecular weight excluding hydrogens is 590 g/mol. The Hall–Kier alpha value is -5.22. The summed E-state index contributed by atoms with van der Waals surface area (Å²) in [6.45, 7) is 4.22. The third kappa shape index (κ3) is 9.38. The third-order valence-corrected chi connectivity index (χ3v) is 7.56. The summed E-state index contributed by atoms with van der Waals surface area (Å²) in [4.78, 5) is 40.3. The highest BCUT2D eigenvalue weighted by molar-refractivity contribution is 8.00. The second-order valence-corrected chi connectivity index (χ2v) is 11.1. The Morgan fingerprint density at radius 2 is 1.56 bits per heavy atom. The van der Waals surface area contributed by atoms with E-state index in [-0.39, 0.29) is 11.6 Å². The van der Waals surface area contributed by atoms with Crippen molar-refractivity contribution in [3.8, 4) is 17.2 Å². The lowest BCUT2D eigenvalue weighted by molar-refractivity contribution is -0.115. The lowest BCUT2D eigenvalue weighted by Gasteiger charge is -2.16. The van der Waals surface area contributed by atoms with Gasteiger partial charge >= 0.3 is 0 Å². The van der Waals surface area contributed by atoms with E-state index in [4.69, 9.17) is 14.2 Å². The highest BCUT2D eigenvalue weighted by atomic mass is 32.2. The molecule has 1 atom stereocenters. The molecule has 4 rings (SSSR count). The van der Waals surface area contributed by atoms with Crippen molar-refractivity contribution in [2.75, 3.05) is 31.5 Å². The van der Waals surface area contributed by atoms with E-state index in [0.29, 0.717) is 46.4 Å². The van der Waals surface area contributed by atoms with Crippen LogP contribution in [0.4, 0.5) is 11.4 Å². The number of benzene rings is 4. The maximum atomic E-state index is 13.5. The number of rotatable bonds is 13. The standard InChI is InChI=1S/C35H35N3O6S/c1-5-44-27-16-14-24(15-17-27)20-31(38-34(40)25-10-7-6-8-11-25)35(41)36-26-12-9-13-29(21-26)45-23(2)33(39)37-30-22-28(42-3)18-19-32(30)43-4/h6-23H,5H2,1-4H3,(H,36,41)(H,37,39)(H,38,40)/b31-20+. The van der Waals surface area contributed by atoms with Crippen molar-refractivity contribution in [3.05, 3.63) is 114 Å². The molecule has 0 saturated heterocycles. The van der Waals surface area contributed by atoms with E-state index in [0.717, 1.165) is 4.90 Å². The van der Waals surface area contributed by atoms with E-state index < -0.39 is 17.1 Å². The largest absolute Gasteiger partial charge is 0.497 e. The summed E-state index contributed by atoms with van der Waals surface area (Å²) in [5, 5.41) is 8.03. The second kappa shape index (κ2) is 16.0. The Morgan fingerprint density at radius 3 is 2.24 bits per heavy atom. The monoisotopic (exact) mass is 625 g/mol. The van der Waals surface area contributed by atoms with Crippen LogP contribution >= 0.6 is 11.8 Å². The van der Waals surface area contributed by atoms with Gasteiger partial charge in [-0.1, -0.05) is 36.4 Å². The van der Waals surface area contributed by atoms with Gasteiger partial charge < -0.3 is 30.2 Å². The van der Waals surface area contributed by atoms with Crippen LogP contribution in [0.5, 0.6) is 17.2 Å². The van der Waals surface area contributed by atoms with Crippen LogP contribution in [-0.2, 0) is 9.59 Å². The molecule has 0 saturated carbocycles. The van der Waals surface area contributed by atoms with Gasteiger partial charge in [-0.2, -0.15) is 0 Å². The molecule has 45 heavy (non-hydrogen) atoms. The van der Waals surface area contributed by atoms with Crippen LogP contribution < -0.4 is 30.2 Å². The number of methoxy groups -OCH3 is 2. The maximum absolute atomic E-state index is 13.5. The van der Waals surface area contributed by atoms with Crippen LogP contribution in [0.2, 0.25) is 0 Å². The second-order valence-electron chi connectivity index (χ2n) is 9.68. The highest BCUT2D eigenvalue weighted by Gasteiger charge is 2.19. The molecule has 0 aliphatic rings. The average Bonchev–Trinajstić information content (AvgIpc) is 3.05. The summed E-state index contributed by atoms with van der Waals surface area (Å²) >= 11 is 1.33. The van der Waals surface area contributed by atoms with Gasteiger partial charge in [0, 0.05) is 22.2 Å². The summed E-state index contributed by atoms with van der Waals surface area (Å²) < 4.78 is 16.1. The molecule has 3 amide bonds. The predicted octanol–water partition coefficient (Wildman–Crippen LogP) is 6.63. The molecule has 4 aromatic rings. The molecule has 0 heterocycles. The number of ether oxygens (including phenoxy) is 3. The van der Waals surface area contributed by atoms with Gasteiger partial charge in [-0.3, -0.25) is 14.4 Å². The molecule has 10 heteroatoms. The maximum Gasteiger partial charge on any atom is 0.272 e. The number of amides is 3. The smallest absolute Gasteiger partial charge is 0.272 e. The third-order valence-electron chi connectivity index (χ3n) is 6.47. The van der Waals surface area contributed by atoms with Crippen LogP contribution in [0.25, 0.3) is 6.08 Å². The number of thioether (sulfide) groups is 1. The molecule has 0 spiro atoms.